The minimum Gasteiger partial charge on any atom is -0.394 e. The van der Waals surface area contributed by atoms with Crippen molar-refractivity contribution < 1.29 is 9.59 Å². The van der Waals surface area contributed by atoms with E-state index in [1.54, 1.807) is 6.20 Å². The Hall–Kier alpha value is -2.89. The highest BCUT2D eigenvalue weighted by molar-refractivity contribution is 6.18. The van der Waals surface area contributed by atoms with Crippen molar-refractivity contribution in [2.24, 2.45) is 0 Å². The molecule has 0 spiro atoms. The number of amides is 2. The van der Waals surface area contributed by atoms with Gasteiger partial charge in [-0.3, -0.25) is 9.59 Å². The number of benzene rings is 1. The van der Waals surface area contributed by atoms with Crippen LogP contribution in [0.25, 0.3) is 21.8 Å². The van der Waals surface area contributed by atoms with Gasteiger partial charge in [-0.1, -0.05) is 18.2 Å². The van der Waals surface area contributed by atoms with Crippen LogP contribution in [0.1, 0.15) is 13.8 Å². The van der Waals surface area contributed by atoms with Crippen LogP contribution in [0.15, 0.2) is 30.5 Å². The van der Waals surface area contributed by atoms with Gasteiger partial charge in [0.25, 0.3) is 0 Å². The summed E-state index contributed by atoms with van der Waals surface area (Å²) in [4.78, 5) is 31.7. The molecule has 3 aromatic rings. The summed E-state index contributed by atoms with van der Waals surface area (Å²) in [6.45, 7) is 2.61. The predicted molar refractivity (Wildman–Crippen MR) is 81.9 cm³/mol. The number of nitrogens with two attached hydrogens (primary N) is 1. The molecule has 106 valence electrons. The molecule has 2 amide bonds. The van der Waals surface area contributed by atoms with Crippen molar-refractivity contribution in [3.8, 4) is 0 Å². The maximum absolute atomic E-state index is 11.6. The van der Waals surface area contributed by atoms with Gasteiger partial charge in [-0.15, -0.1) is 0 Å². The van der Waals surface area contributed by atoms with Crippen LogP contribution >= 0.6 is 0 Å². The molecule has 0 atom stereocenters. The summed E-state index contributed by atoms with van der Waals surface area (Å²) < 4.78 is 0. The van der Waals surface area contributed by atoms with Crippen LogP contribution in [0.4, 0.5) is 11.5 Å². The average Bonchev–Trinajstić information content (AvgIpc) is 2.80. The van der Waals surface area contributed by atoms with Crippen LogP contribution < -0.4 is 10.6 Å². The number of pyridine rings is 1. The third kappa shape index (κ3) is 1.92. The Morgan fingerprint density at radius 2 is 1.81 bits per heavy atom. The Bertz CT molecular complexity index is 868. The molecular weight excluding hydrogens is 268 g/mol. The molecule has 0 fully saturated rings. The topological polar surface area (TPSA) is 92.1 Å². The minimum absolute atomic E-state index is 0.161. The van der Waals surface area contributed by atoms with E-state index in [2.05, 4.69) is 9.97 Å². The molecule has 0 aliphatic rings. The number of nitrogen functional groups attached to an aromatic ring is 1. The molecule has 0 saturated carbocycles. The number of carbonyl (C=O) groups excluding carboxylic acids is 2. The number of para-hydroxylation sites is 1. The number of nitrogens with one attached hydrogen (secondary N) is 1. The van der Waals surface area contributed by atoms with Gasteiger partial charge in [0.15, 0.2) is 5.82 Å². The largest absolute Gasteiger partial charge is 0.394 e. The number of nitrogens with zero attached hydrogens (tertiary/aromatic N) is 2. The Morgan fingerprint density at radius 3 is 2.48 bits per heavy atom. The van der Waals surface area contributed by atoms with Crippen LogP contribution in [0.2, 0.25) is 0 Å². The molecule has 0 aliphatic heterocycles. The zero-order chi connectivity index (χ0) is 15.1. The first kappa shape index (κ1) is 13.1. The van der Waals surface area contributed by atoms with Gasteiger partial charge in [-0.05, 0) is 6.07 Å². The number of anilines is 2. The standard InChI is InChI=1S/C15H14N4O2/c1-8(20)19(9(2)21)15-13(16)14-11(7-17-15)10-5-3-4-6-12(10)18-14/h3-7,18H,16H2,1-2H3. The molecule has 0 radical (unpaired) electrons. The van der Waals surface area contributed by atoms with E-state index in [1.165, 1.54) is 13.8 Å². The smallest absolute Gasteiger partial charge is 0.231 e. The van der Waals surface area contributed by atoms with E-state index in [9.17, 15) is 9.59 Å². The summed E-state index contributed by atoms with van der Waals surface area (Å²) in [7, 11) is 0. The molecule has 0 unspecified atom stereocenters. The SMILES string of the molecule is CC(=O)N(C(C)=O)c1ncc2c([nH]c3ccccc32)c1N. The molecule has 0 saturated heterocycles. The highest BCUT2D eigenvalue weighted by Crippen LogP contribution is 2.33. The minimum atomic E-state index is -0.419. The molecule has 1 aromatic carbocycles. The molecule has 2 aromatic heterocycles. The fourth-order valence-corrected chi connectivity index (χ4v) is 2.52. The van der Waals surface area contributed by atoms with Gasteiger partial charge >= 0.3 is 0 Å². The number of imide groups is 1. The van der Waals surface area contributed by atoms with E-state index >= 15 is 0 Å². The number of aromatic nitrogens is 2. The fourth-order valence-electron chi connectivity index (χ4n) is 2.52. The number of hydrogen-bond acceptors (Lipinski definition) is 4. The Morgan fingerprint density at radius 1 is 1.14 bits per heavy atom. The van der Waals surface area contributed by atoms with Crippen molar-refractivity contribution in [3.63, 3.8) is 0 Å². The Labute approximate surface area is 120 Å². The molecule has 2 heterocycles. The van der Waals surface area contributed by atoms with Gasteiger partial charge in [0.2, 0.25) is 11.8 Å². The number of aromatic amines is 1. The normalized spacial score (nSPS) is 11.0. The molecule has 6 heteroatoms. The number of fused-ring (bicyclic) bond motifs is 3. The lowest BCUT2D eigenvalue weighted by Crippen LogP contribution is -2.34. The average molecular weight is 282 g/mol. The van der Waals surface area contributed by atoms with Gasteiger partial charge in [-0.25, -0.2) is 9.88 Å². The zero-order valence-electron chi connectivity index (χ0n) is 11.7. The highest BCUT2D eigenvalue weighted by Gasteiger charge is 2.22. The fraction of sp³-hybridized carbons (Fsp3) is 0.133. The second kappa shape index (κ2) is 4.59. The third-order valence-corrected chi connectivity index (χ3v) is 3.41. The summed E-state index contributed by atoms with van der Waals surface area (Å²) in [5.74, 6) is -0.677. The van der Waals surface area contributed by atoms with Crippen LogP contribution in [-0.4, -0.2) is 21.8 Å². The van der Waals surface area contributed by atoms with E-state index in [0.29, 0.717) is 5.52 Å². The van der Waals surface area contributed by atoms with Gasteiger partial charge < -0.3 is 10.7 Å². The lowest BCUT2D eigenvalue weighted by molar-refractivity contribution is -0.124. The maximum Gasteiger partial charge on any atom is 0.231 e. The second-order valence-corrected chi connectivity index (χ2v) is 4.83. The number of hydrogen-bond donors (Lipinski definition) is 2. The summed E-state index contributed by atoms with van der Waals surface area (Å²) in [6, 6.07) is 7.74. The summed E-state index contributed by atoms with van der Waals surface area (Å²) in [6.07, 6.45) is 1.62. The van der Waals surface area contributed by atoms with Crippen molar-refractivity contribution in [3.05, 3.63) is 30.5 Å². The number of carbonyl (C=O) groups is 2. The first-order chi connectivity index (χ1) is 10.0. The monoisotopic (exact) mass is 282 g/mol. The first-order valence-corrected chi connectivity index (χ1v) is 6.47. The van der Waals surface area contributed by atoms with Crippen LogP contribution in [-0.2, 0) is 9.59 Å². The molecular formula is C15H14N4O2. The van der Waals surface area contributed by atoms with E-state index in [4.69, 9.17) is 5.73 Å². The van der Waals surface area contributed by atoms with Crippen LogP contribution in [0.5, 0.6) is 0 Å². The third-order valence-electron chi connectivity index (χ3n) is 3.41. The van der Waals surface area contributed by atoms with Gasteiger partial charge in [0.1, 0.15) is 5.69 Å². The van der Waals surface area contributed by atoms with Crippen molar-refractivity contribution >= 4 is 45.1 Å². The summed E-state index contributed by atoms with van der Waals surface area (Å²) in [5, 5.41) is 1.86. The van der Waals surface area contributed by atoms with Crippen LogP contribution in [0.3, 0.4) is 0 Å². The van der Waals surface area contributed by atoms with Gasteiger partial charge in [-0.2, -0.15) is 0 Å². The molecule has 0 bridgehead atoms. The molecule has 3 rings (SSSR count). The lowest BCUT2D eigenvalue weighted by atomic mass is 10.2. The second-order valence-electron chi connectivity index (χ2n) is 4.83. The van der Waals surface area contributed by atoms with E-state index in [0.717, 1.165) is 21.2 Å². The Kier molecular flexibility index (Phi) is 2.86. The first-order valence-electron chi connectivity index (χ1n) is 6.47. The number of H-pyrrole nitrogens is 1. The van der Waals surface area contributed by atoms with E-state index in [1.807, 2.05) is 24.3 Å². The molecule has 0 aliphatic carbocycles. The highest BCUT2D eigenvalue weighted by atomic mass is 16.2. The predicted octanol–water partition coefficient (Wildman–Crippen LogP) is 2.20. The van der Waals surface area contributed by atoms with Gasteiger partial charge in [0.05, 0.1) is 5.52 Å². The zero-order valence-corrected chi connectivity index (χ0v) is 11.7. The van der Waals surface area contributed by atoms with Crippen molar-refractivity contribution in [1.82, 2.24) is 9.97 Å². The van der Waals surface area contributed by atoms with Crippen LogP contribution in [0, 0.1) is 0 Å². The summed E-state index contributed by atoms with van der Waals surface area (Å²) in [5.41, 5.74) is 8.01. The molecule has 21 heavy (non-hydrogen) atoms. The quantitative estimate of drug-likeness (QED) is 0.715. The maximum atomic E-state index is 11.6. The van der Waals surface area contributed by atoms with Crippen molar-refractivity contribution in [2.75, 3.05) is 10.6 Å². The Balaban J connectivity index is 2.32. The van der Waals surface area contributed by atoms with E-state index in [-0.39, 0.29) is 11.5 Å². The van der Waals surface area contributed by atoms with Crippen molar-refractivity contribution in [2.45, 2.75) is 13.8 Å². The molecule has 3 N–H and O–H groups in total. The van der Waals surface area contributed by atoms with Gasteiger partial charge in [0, 0.05) is 36.3 Å². The molecule has 6 nitrogen and oxygen atoms in total. The van der Waals surface area contributed by atoms with E-state index < -0.39 is 11.8 Å². The number of rotatable bonds is 1. The summed E-state index contributed by atoms with van der Waals surface area (Å²) >= 11 is 0. The lowest BCUT2D eigenvalue weighted by Gasteiger charge is -2.17. The van der Waals surface area contributed by atoms with Crippen molar-refractivity contribution in [1.29, 1.82) is 0 Å².